The molecule has 1 saturated heterocycles. The number of phenols is 1. The molecule has 4 rings (SSSR count). The summed E-state index contributed by atoms with van der Waals surface area (Å²) in [6.07, 6.45) is 1.63. The third-order valence-corrected chi connectivity index (χ3v) is 5.47. The number of benzene rings is 3. The first-order valence-electron chi connectivity index (χ1n) is 9.35. The number of thioether (sulfide) groups is 1. The van der Waals surface area contributed by atoms with Crippen molar-refractivity contribution in [3.8, 4) is 11.5 Å². The quantitative estimate of drug-likeness (QED) is 0.554. The molecule has 0 atom stereocenters. The van der Waals surface area contributed by atoms with E-state index in [4.69, 9.17) is 4.74 Å². The molecule has 5 nitrogen and oxygen atoms in total. The van der Waals surface area contributed by atoms with Crippen molar-refractivity contribution in [2.75, 3.05) is 4.90 Å². The molecular formula is C24H19NO4S. The Bertz CT molecular complexity index is 1120. The average Bonchev–Trinajstić information content (AvgIpc) is 3.03. The average molecular weight is 417 g/mol. The van der Waals surface area contributed by atoms with Crippen molar-refractivity contribution >= 4 is 34.7 Å². The van der Waals surface area contributed by atoms with Crippen LogP contribution in [0.3, 0.4) is 0 Å². The molecule has 1 heterocycles. The fourth-order valence-electron chi connectivity index (χ4n) is 3.00. The second-order valence-corrected chi connectivity index (χ2v) is 7.85. The minimum Gasteiger partial charge on any atom is -0.504 e. The maximum absolute atomic E-state index is 12.7. The zero-order valence-corrected chi connectivity index (χ0v) is 17.1. The Hall–Kier alpha value is -3.51. The lowest BCUT2D eigenvalue weighted by molar-refractivity contribution is -0.113. The van der Waals surface area contributed by atoms with Gasteiger partial charge in [0.15, 0.2) is 11.5 Å². The van der Waals surface area contributed by atoms with Gasteiger partial charge in [-0.05, 0) is 60.2 Å². The zero-order valence-electron chi connectivity index (χ0n) is 16.2. The number of anilines is 1. The smallest absolute Gasteiger partial charge is 0.298 e. The van der Waals surface area contributed by atoms with Crippen LogP contribution >= 0.6 is 11.8 Å². The van der Waals surface area contributed by atoms with Gasteiger partial charge < -0.3 is 9.84 Å². The van der Waals surface area contributed by atoms with Crippen molar-refractivity contribution in [2.45, 2.75) is 13.5 Å². The first kappa shape index (κ1) is 19.8. The highest BCUT2D eigenvalue weighted by Gasteiger charge is 2.36. The zero-order chi connectivity index (χ0) is 21.1. The Labute approximate surface area is 178 Å². The molecule has 6 heteroatoms. The van der Waals surface area contributed by atoms with Crippen LogP contribution in [0.2, 0.25) is 0 Å². The van der Waals surface area contributed by atoms with Gasteiger partial charge in [-0.2, -0.15) is 0 Å². The Morgan fingerprint density at radius 1 is 1.00 bits per heavy atom. The van der Waals surface area contributed by atoms with Crippen LogP contribution in [0.1, 0.15) is 16.7 Å². The predicted molar refractivity (Wildman–Crippen MR) is 119 cm³/mol. The summed E-state index contributed by atoms with van der Waals surface area (Å²) < 4.78 is 5.76. The molecule has 0 spiro atoms. The lowest BCUT2D eigenvalue weighted by Gasteiger charge is -2.11. The van der Waals surface area contributed by atoms with E-state index in [1.54, 1.807) is 42.5 Å². The van der Waals surface area contributed by atoms with Gasteiger partial charge in [-0.1, -0.05) is 54.1 Å². The van der Waals surface area contributed by atoms with Crippen LogP contribution in [0.15, 0.2) is 77.7 Å². The first-order chi connectivity index (χ1) is 14.5. The molecule has 1 aliphatic rings. The monoisotopic (exact) mass is 417 g/mol. The van der Waals surface area contributed by atoms with Crippen molar-refractivity contribution in [1.29, 1.82) is 0 Å². The fourth-order valence-corrected chi connectivity index (χ4v) is 3.84. The van der Waals surface area contributed by atoms with Crippen LogP contribution in [-0.2, 0) is 11.4 Å². The standard InChI is InChI=1S/C24H19NO4S/c1-16-7-9-17(10-8-16)15-29-21-13-18(11-12-20(21)26)14-22-23(27)25(24(28)30-22)19-5-3-2-4-6-19/h2-14,26H,15H2,1H3/b22-14+. The molecule has 2 amide bonds. The molecule has 1 fully saturated rings. The molecular weight excluding hydrogens is 398 g/mol. The number of aromatic hydroxyl groups is 1. The highest BCUT2D eigenvalue weighted by Crippen LogP contribution is 2.36. The van der Waals surface area contributed by atoms with Crippen molar-refractivity contribution < 1.29 is 19.4 Å². The largest absolute Gasteiger partial charge is 0.504 e. The molecule has 3 aromatic carbocycles. The van der Waals surface area contributed by atoms with Crippen molar-refractivity contribution in [2.24, 2.45) is 0 Å². The topological polar surface area (TPSA) is 66.8 Å². The van der Waals surface area contributed by atoms with Gasteiger partial charge in [0.25, 0.3) is 11.1 Å². The number of aryl methyl sites for hydroxylation is 1. The molecule has 0 unspecified atom stereocenters. The summed E-state index contributed by atoms with van der Waals surface area (Å²) in [5.74, 6) is -0.0466. The van der Waals surface area contributed by atoms with E-state index in [2.05, 4.69) is 0 Å². The molecule has 0 aliphatic carbocycles. The molecule has 0 bridgehead atoms. The van der Waals surface area contributed by atoms with Gasteiger partial charge in [-0.25, -0.2) is 4.90 Å². The lowest BCUT2D eigenvalue weighted by atomic mass is 10.1. The SMILES string of the molecule is Cc1ccc(COc2cc(/C=C3/SC(=O)N(c4ccccc4)C3=O)ccc2O)cc1. The number of nitrogens with zero attached hydrogens (tertiary/aromatic N) is 1. The summed E-state index contributed by atoms with van der Waals surface area (Å²) >= 11 is 0.888. The normalized spacial score (nSPS) is 15.1. The summed E-state index contributed by atoms with van der Waals surface area (Å²) in [5.41, 5.74) is 3.34. The fraction of sp³-hybridized carbons (Fsp3) is 0.0833. The summed E-state index contributed by atoms with van der Waals surface area (Å²) in [4.78, 5) is 26.6. The van der Waals surface area contributed by atoms with Gasteiger partial charge in [0.2, 0.25) is 0 Å². The van der Waals surface area contributed by atoms with E-state index in [0.29, 0.717) is 28.5 Å². The van der Waals surface area contributed by atoms with E-state index in [9.17, 15) is 14.7 Å². The number of hydrogen-bond acceptors (Lipinski definition) is 5. The predicted octanol–water partition coefficient (Wildman–Crippen LogP) is 5.52. The van der Waals surface area contributed by atoms with Gasteiger partial charge in [0.05, 0.1) is 10.6 Å². The van der Waals surface area contributed by atoms with Crippen LogP contribution in [0.5, 0.6) is 11.5 Å². The van der Waals surface area contributed by atoms with Gasteiger partial charge >= 0.3 is 0 Å². The number of para-hydroxylation sites is 1. The van der Waals surface area contributed by atoms with E-state index in [1.165, 1.54) is 6.07 Å². The van der Waals surface area contributed by atoms with E-state index in [0.717, 1.165) is 27.8 Å². The molecule has 1 N–H and O–H groups in total. The number of carbonyl (C=O) groups excluding carboxylic acids is 2. The summed E-state index contributed by atoms with van der Waals surface area (Å²) in [6, 6.07) is 21.6. The molecule has 1 aliphatic heterocycles. The maximum Gasteiger partial charge on any atom is 0.298 e. The maximum atomic E-state index is 12.7. The third-order valence-electron chi connectivity index (χ3n) is 4.60. The van der Waals surface area contributed by atoms with E-state index < -0.39 is 0 Å². The minimum absolute atomic E-state index is 0.0108. The van der Waals surface area contributed by atoms with Gasteiger partial charge in [0, 0.05) is 0 Å². The second-order valence-electron chi connectivity index (χ2n) is 6.85. The van der Waals surface area contributed by atoms with Crippen LogP contribution < -0.4 is 9.64 Å². The van der Waals surface area contributed by atoms with Crippen LogP contribution in [-0.4, -0.2) is 16.3 Å². The van der Waals surface area contributed by atoms with Crippen LogP contribution in [0.4, 0.5) is 10.5 Å². The van der Waals surface area contributed by atoms with Crippen molar-refractivity contribution in [3.63, 3.8) is 0 Å². The highest BCUT2D eigenvalue weighted by molar-refractivity contribution is 8.19. The lowest BCUT2D eigenvalue weighted by Crippen LogP contribution is -2.27. The molecule has 150 valence electrons. The first-order valence-corrected chi connectivity index (χ1v) is 10.2. The van der Waals surface area contributed by atoms with Gasteiger partial charge in [-0.3, -0.25) is 9.59 Å². The van der Waals surface area contributed by atoms with Crippen molar-refractivity contribution in [3.05, 3.63) is 94.4 Å². The van der Waals surface area contributed by atoms with Crippen LogP contribution in [0, 0.1) is 6.92 Å². The number of rotatable bonds is 5. The molecule has 30 heavy (non-hydrogen) atoms. The molecule has 0 saturated carbocycles. The summed E-state index contributed by atoms with van der Waals surface area (Å²) in [7, 11) is 0. The van der Waals surface area contributed by atoms with Crippen molar-refractivity contribution in [1.82, 2.24) is 0 Å². The van der Waals surface area contributed by atoms with Gasteiger partial charge in [0.1, 0.15) is 6.61 Å². The van der Waals surface area contributed by atoms with Gasteiger partial charge in [-0.15, -0.1) is 0 Å². The Morgan fingerprint density at radius 2 is 1.73 bits per heavy atom. The number of ether oxygens (including phenoxy) is 1. The van der Waals surface area contributed by atoms with E-state index in [1.807, 2.05) is 37.3 Å². The number of hydrogen-bond donors (Lipinski definition) is 1. The minimum atomic E-state index is -0.369. The Kier molecular flexibility index (Phi) is 5.59. The van der Waals surface area contributed by atoms with E-state index in [-0.39, 0.29) is 16.9 Å². The summed E-state index contributed by atoms with van der Waals surface area (Å²) in [6.45, 7) is 2.32. The molecule has 0 radical (unpaired) electrons. The highest BCUT2D eigenvalue weighted by atomic mass is 32.2. The molecule has 3 aromatic rings. The second kappa shape index (κ2) is 8.47. The van der Waals surface area contributed by atoms with Crippen LogP contribution in [0.25, 0.3) is 6.08 Å². The Balaban J connectivity index is 1.54. The number of carbonyl (C=O) groups is 2. The third kappa shape index (κ3) is 4.23. The Morgan fingerprint density at radius 3 is 2.47 bits per heavy atom. The molecule has 0 aromatic heterocycles. The number of amides is 2. The summed E-state index contributed by atoms with van der Waals surface area (Å²) in [5, 5.41) is 9.78. The number of imide groups is 1. The van der Waals surface area contributed by atoms with E-state index >= 15 is 0 Å². The number of phenolic OH excluding ortho intramolecular Hbond substituents is 1.